The summed E-state index contributed by atoms with van der Waals surface area (Å²) in [6.07, 6.45) is -6.04. The van der Waals surface area contributed by atoms with Crippen LogP contribution in [0.1, 0.15) is 51.5 Å². The van der Waals surface area contributed by atoms with Crippen LogP contribution in [0.5, 0.6) is 0 Å². The van der Waals surface area contributed by atoms with E-state index >= 15 is 0 Å². The van der Waals surface area contributed by atoms with Crippen LogP contribution in [0.15, 0.2) is 54.6 Å². The first kappa shape index (κ1) is 28.2. The molecule has 0 unspecified atom stereocenters. The minimum absolute atomic E-state index is 0.125. The number of nitrogens with one attached hydrogen (secondary N) is 1. The van der Waals surface area contributed by atoms with Gasteiger partial charge in [-0.2, -0.15) is 13.2 Å². The van der Waals surface area contributed by atoms with Crippen LogP contribution in [0.2, 0.25) is 5.02 Å². The molecule has 2 atom stereocenters. The highest BCUT2D eigenvalue weighted by atomic mass is 35.5. The third kappa shape index (κ3) is 5.62. The van der Waals surface area contributed by atoms with Gasteiger partial charge < -0.3 is 10.5 Å². The SMILES string of the molecule is Cc1cc([C@H]2OC(=O)N(Cc3cc(C)ccc3-c3cc(-c4nc(C(N)=O)n[nH]4)ccc3Cl)[C@H]2C)cc(C(F)(F)F)c1. The first-order valence-electron chi connectivity index (χ1n) is 12.6. The number of aryl methyl sites for hydroxylation is 2. The molecule has 1 fully saturated rings. The van der Waals surface area contributed by atoms with Crippen LogP contribution in [0.4, 0.5) is 18.0 Å². The number of carbonyl (C=O) groups excluding carboxylic acids is 2. The number of halogens is 4. The van der Waals surface area contributed by atoms with Crippen molar-refractivity contribution >= 4 is 23.6 Å². The number of nitrogens with two attached hydrogens (primary N) is 1. The zero-order valence-corrected chi connectivity index (χ0v) is 23.0. The van der Waals surface area contributed by atoms with Crippen LogP contribution in [0, 0.1) is 13.8 Å². The van der Waals surface area contributed by atoms with Gasteiger partial charge in [-0.3, -0.25) is 14.8 Å². The van der Waals surface area contributed by atoms with Crippen LogP contribution in [-0.4, -0.2) is 38.1 Å². The van der Waals surface area contributed by atoms with Crippen molar-refractivity contribution < 1.29 is 27.5 Å². The lowest BCUT2D eigenvalue weighted by Gasteiger charge is -2.23. The van der Waals surface area contributed by atoms with Gasteiger partial charge in [-0.05, 0) is 67.8 Å². The molecular formula is C29H25ClF3N5O3. The van der Waals surface area contributed by atoms with E-state index in [4.69, 9.17) is 22.1 Å². The van der Waals surface area contributed by atoms with Gasteiger partial charge in [0.2, 0.25) is 5.82 Å². The van der Waals surface area contributed by atoms with E-state index in [1.165, 1.54) is 4.90 Å². The molecule has 5 rings (SSSR count). The Labute approximate surface area is 238 Å². The Morgan fingerprint density at radius 2 is 1.83 bits per heavy atom. The van der Waals surface area contributed by atoms with Crippen LogP contribution >= 0.6 is 11.6 Å². The molecule has 0 aliphatic carbocycles. The van der Waals surface area contributed by atoms with Crippen molar-refractivity contribution in [2.24, 2.45) is 5.73 Å². The summed E-state index contributed by atoms with van der Waals surface area (Å²) >= 11 is 6.61. The standard InChI is InChI=1S/C29H25ClF3N5O3/c1-14-4-6-21(22-12-17(5-7-23(22)30)26-35-27(25(34)39)37-36-26)19(8-14)13-38-16(3)24(41-28(38)40)18-9-15(2)10-20(11-18)29(31,32)33/h4-12,16,24H,13H2,1-3H3,(H2,34,39)(H,35,36,37)/t16-,24-/m0/s1. The molecule has 3 N–H and O–H groups in total. The molecule has 1 aliphatic heterocycles. The Hall–Kier alpha value is -4.38. The molecule has 12 heteroatoms. The summed E-state index contributed by atoms with van der Waals surface area (Å²) in [5, 5.41) is 6.94. The van der Waals surface area contributed by atoms with Crippen molar-refractivity contribution in [2.45, 2.75) is 45.6 Å². The molecule has 1 aromatic heterocycles. The third-order valence-corrected chi connectivity index (χ3v) is 7.31. The number of rotatable bonds is 6. The number of amides is 2. The lowest BCUT2D eigenvalue weighted by atomic mass is 9.95. The van der Waals surface area contributed by atoms with Gasteiger partial charge in [0.25, 0.3) is 5.91 Å². The summed E-state index contributed by atoms with van der Waals surface area (Å²) in [6, 6.07) is 14.0. The van der Waals surface area contributed by atoms with E-state index in [0.717, 1.165) is 28.8 Å². The number of ether oxygens (including phenoxy) is 1. The fourth-order valence-corrected chi connectivity index (χ4v) is 5.20. The Kier molecular flexibility index (Phi) is 7.24. The molecule has 2 amide bonds. The predicted octanol–water partition coefficient (Wildman–Crippen LogP) is 6.61. The molecule has 8 nitrogen and oxygen atoms in total. The lowest BCUT2D eigenvalue weighted by molar-refractivity contribution is -0.137. The topological polar surface area (TPSA) is 114 Å². The van der Waals surface area contributed by atoms with Crippen molar-refractivity contribution in [3.05, 3.63) is 93.3 Å². The van der Waals surface area contributed by atoms with Gasteiger partial charge in [0, 0.05) is 16.1 Å². The van der Waals surface area contributed by atoms with Crippen molar-refractivity contribution in [3.8, 4) is 22.5 Å². The van der Waals surface area contributed by atoms with Crippen molar-refractivity contribution in [2.75, 3.05) is 0 Å². The first-order valence-corrected chi connectivity index (χ1v) is 13.0. The molecule has 41 heavy (non-hydrogen) atoms. The van der Waals surface area contributed by atoms with Gasteiger partial charge in [-0.15, -0.1) is 5.10 Å². The van der Waals surface area contributed by atoms with Gasteiger partial charge in [0.05, 0.1) is 18.2 Å². The Balaban J connectivity index is 1.49. The normalized spacial score (nSPS) is 17.1. The zero-order valence-electron chi connectivity index (χ0n) is 22.2. The van der Waals surface area contributed by atoms with Crippen LogP contribution in [-0.2, 0) is 17.5 Å². The molecule has 1 aliphatic rings. The average Bonchev–Trinajstić information content (AvgIpc) is 3.50. The predicted molar refractivity (Wildman–Crippen MR) is 146 cm³/mol. The maximum atomic E-state index is 13.5. The fraction of sp³-hybridized carbons (Fsp3) is 0.241. The number of benzene rings is 3. The molecule has 1 saturated heterocycles. The van der Waals surface area contributed by atoms with Crippen LogP contribution in [0.3, 0.4) is 0 Å². The zero-order chi connectivity index (χ0) is 29.6. The number of hydrogen-bond donors (Lipinski definition) is 2. The first-order chi connectivity index (χ1) is 19.3. The molecule has 2 heterocycles. The van der Waals surface area contributed by atoms with E-state index < -0.39 is 35.9 Å². The molecule has 3 aromatic carbocycles. The maximum Gasteiger partial charge on any atom is 0.416 e. The second-order valence-corrected chi connectivity index (χ2v) is 10.4. The number of primary amides is 1. The molecule has 4 aromatic rings. The lowest BCUT2D eigenvalue weighted by Crippen LogP contribution is -2.31. The van der Waals surface area contributed by atoms with Crippen molar-refractivity contribution in [3.63, 3.8) is 0 Å². The number of aromatic amines is 1. The fourth-order valence-electron chi connectivity index (χ4n) is 4.98. The van der Waals surface area contributed by atoms with Gasteiger partial charge in [0.1, 0.15) is 6.10 Å². The minimum Gasteiger partial charge on any atom is -0.439 e. The number of aromatic nitrogens is 3. The van der Waals surface area contributed by atoms with E-state index in [0.29, 0.717) is 27.5 Å². The highest BCUT2D eigenvalue weighted by Gasteiger charge is 2.41. The smallest absolute Gasteiger partial charge is 0.416 e. The van der Waals surface area contributed by atoms with E-state index in [1.54, 1.807) is 38.1 Å². The molecule has 212 valence electrons. The Bertz CT molecular complexity index is 1670. The summed E-state index contributed by atoms with van der Waals surface area (Å²) in [6.45, 7) is 5.35. The second kappa shape index (κ2) is 10.5. The number of alkyl halides is 3. The Morgan fingerprint density at radius 3 is 2.51 bits per heavy atom. The number of hydrogen-bond acceptors (Lipinski definition) is 5. The molecule has 0 bridgehead atoms. The minimum atomic E-state index is -4.52. The number of carbonyl (C=O) groups is 2. The Morgan fingerprint density at radius 1 is 1.07 bits per heavy atom. The van der Waals surface area contributed by atoms with Gasteiger partial charge in [-0.1, -0.05) is 47.0 Å². The monoisotopic (exact) mass is 583 g/mol. The highest BCUT2D eigenvalue weighted by molar-refractivity contribution is 6.33. The van der Waals surface area contributed by atoms with Gasteiger partial charge in [-0.25, -0.2) is 9.78 Å². The quantitative estimate of drug-likeness (QED) is 0.265. The summed E-state index contributed by atoms with van der Waals surface area (Å²) in [5.41, 5.74) is 8.84. The number of H-pyrrole nitrogens is 1. The summed E-state index contributed by atoms with van der Waals surface area (Å²) in [5.74, 6) is -0.603. The highest BCUT2D eigenvalue weighted by Crippen LogP contribution is 2.40. The van der Waals surface area contributed by atoms with Crippen LogP contribution in [0.25, 0.3) is 22.5 Å². The summed E-state index contributed by atoms with van der Waals surface area (Å²) < 4.78 is 46.0. The maximum absolute atomic E-state index is 13.5. The molecule has 0 spiro atoms. The van der Waals surface area contributed by atoms with E-state index in [9.17, 15) is 22.8 Å². The van der Waals surface area contributed by atoms with E-state index in [1.807, 2.05) is 25.1 Å². The van der Waals surface area contributed by atoms with E-state index in [2.05, 4.69) is 15.2 Å². The van der Waals surface area contributed by atoms with Gasteiger partial charge >= 0.3 is 12.3 Å². The summed E-state index contributed by atoms with van der Waals surface area (Å²) in [7, 11) is 0. The second-order valence-electron chi connectivity index (χ2n) is 10.0. The average molecular weight is 584 g/mol. The number of cyclic esters (lactones) is 1. The summed E-state index contributed by atoms with van der Waals surface area (Å²) in [4.78, 5) is 30.1. The van der Waals surface area contributed by atoms with E-state index in [-0.39, 0.29) is 17.9 Å². The third-order valence-electron chi connectivity index (χ3n) is 6.98. The molecule has 0 radical (unpaired) electrons. The van der Waals surface area contributed by atoms with Crippen molar-refractivity contribution in [1.82, 2.24) is 20.1 Å². The largest absolute Gasteiger partial charge is 0.439 e. The van der Waals surface area contributed by atoms with Crippen LogP contribution < -0.4 is 5.73 Å². The molecular weight excluding hydrogens is 559 g/mol. The van der Waals surface area contributed by atoms with Gasteiger partial charge in [0.15, 0.2) is 5.82 Å². The van der Waals surface area contributed by atoms with Crippen molar-refractivity contribution in [1.29, 1.82) is 0 Å². The molecule has 0 saturated carbocycles. The number of nitrogens with zero attached hydrogens (tertiary/aromatic N) is 3.